The van der Waals surface area contributed by atoms with Crippen molar-refractivity contribution in [1.82, 2.24) is 0 Å². The molecule has 15 heavy (non-hydrogen) atoms. The molecule has 0 unspecified atom stereocenters. The fraction of sp³-hybridized carbons (Fsp3) is 0.417. The van der Waals surface area contributed by atoms with Gasteiger partial charge in [0.05, 0.1) is 0 Å². The molecule has 1 rings (SSSR count). The highest BCUT2D eigenvalue weighted by Crippen LogP contribution is 2.16. The van der Waals surface area contributed by atoms with Crippen molar-refractivity contribution >= 4 is 19.2 Å². The molecular weight excluding hydrogens is 202 g/mol. The van der Waals surface area contributed by atoms with Crippen LogP contribution in [0.15, 0.2) is 24.3 Å². The minimum absolute atomic E-state index is 0.327. The van der Waals surface area contributed by atoms with Crippen LogP contribution in [-0.2, 0) is 0 Å². The van der Waals surface area contributed by atoms with Gasteiger partial charge in [0.1, 0.15) is 13.5 Å². The Balaban J connectivity index is 2.95. The molecule has 0 heterocycles. The molecule has 0 saturated carbocycles. The van der Waals surface area contributed by atoms with Gasteiger partial charge in [-0.3, -0.25) is 0 Å². The van der Waals surface area contributed by atoms with Gasteiger partial charge in [-0.05, 0) is 24.3 Å². The normalized spacial score (nSPS) is 11.3. The number of hydrogen-bond donors (Lipinski definition) is 0. The molecule has 0 aliphatic carbocycles. The summed E-state index contributed by atoms with van der Waals surface area (Å²) in [5.74, 6) is 0. The van der Waals surface area contributed by atoms with E-state index in [0.29, 0.717) is 5.41 Å². The maximum Gasteiger partial charge on any atom is 0.139 e. The van der Waals surface area contributed by atoms with Gasteiger partial charge in [0.2, 0.25) is 0 Å². The molecule has 0 N–H and O–H groups in total. The van der Waals surface area contributed by atoms with E-state index in [2.05, 4.69) is 19.6 Å². The Bertz CT molecular complexity index is 349. The number of carbonyl (C=O) groups is 1. The summed E-state index contributed by atoms with van der Waals surface area (Å²) >= 11 is 0. The first-order chi connectivity index (χ1) is 6.82. The van der Waals surface area contributed by atoms with Crippen LogP contribution in [0.1, 0.15) is 10.4 Å². The van der Waals surface area contributed by atoms with Crippen LogP contribution in [0, 0.1) is 0 Å². The number of anilines is 1. The van der Waals surface area contributed by atoms with E-state index < -0.39 is 8.07 Å². The highest BCUT2D eigenvalue weighted by molar-refractivity contribution is 7.05. The molecule has 1 aromatic carbocycles. The van der Waals surface area contributed by atoms with Gasteiger partial charge in [-0.15, -0.1) is 0 Å². The molecule has 1 aromatic rings. The van der Waals surface area contributed by atoms with Crippen molar-refractivity contribution in [2.75, 3.05) is 19.0 Å². The summed E-state index contributed by atoms with van der Waals surface area (Å²) in [6.07, 6.45) is 0. The lowest BCUT2D eigenvalue weighted by Gasteiger charge is -2.16. The highest BCUT2D eigenvalue weighted by Gasteiger charge is 2.25. The molecule has 0 aliphatic rings. The lowest BCUT2D eigenvalue weighted by atomic mass is 10.2. The van der Waals surface area contributed by atoms with Gasteiger partial charge in [0, 0.05) is 25.3 Å². The van der Waals surface area contributed by atoms with Crippen molar-refractivity contribution in [3.05, 3.63) is 29.8 Å². The molecule has 0 saturated heterocycles. The lowest BCUT2D eigenvalue weighted by Crippen LogP contribution is -2.33. The van der Waals surface area contributed by atoms with Gasteiger partial charge >= 0.3 is 0 Å². The largest absolute Gasteiger partial charge is 0.378 e. The predicted molar refractivity (Wildman–Crippen MR) is 68.4 cm³/mol. The first-order valence-electron chi connectivity index (χ1n) is 5.14. The Labute approximate surface area is 92.9 Å². The van der Waals surface area contributed by atoms with E-state index >= 15 is 0 Å². The van der Waals surface area contributed by atoms with Crippen molar-refractivity contribution in [2.45, 2.75) is 19.6 Å². The second-order valence-corrected chi connectivity index (χ2v) is 9.97. The fourth-order valence-electron chi connectivity index (χ4n) is 1.34. The van der Waals surface area contributed by atoms with E-state index in [1.54, 1.807) is 0 Å². The summed E-state index contributed by atoms with van der Waals surface area (Å²) in [6, 6.07) is 7.84. The van der Waals surface area contributed by atoms with E-state index in [0.717, 1.165) is 11.3 Å². The van der Waals surface area contributed by atoms with Crippen LogP contribution in [0.4, 0.5) is 5.69 Å². The number of nitrogens with zero attached hydrogens (tertiary/aromatic N) is 1. The van der Waals surface area contributed by atoms with Crippen molar-refractivity contribution < 1.29 is 4.79 Å². The Hall–Kier alpha value is -1.09. The SMILES string of the molecule is CN(C)c1ccc(C(=O)[Si](C)(C)C)cc1. The minimum Gasteiger partial charge on any atom is -0.378 e. The molecule has 0 fully saturated rings. The Morgan fingerprint density at radius 1 is 1.07 bits per heavy atom. The summed E-state index contributed by atoms with van der Waals surface area (Å²) in [5.41, 5.74) is 1.97. The average Bonchev–Trinajstić information content (AvgIpc) is 2.15. The van der Waals surface area contributed by atoms with Crippen molar-refractivity contribution in [3.63, 3.8) is 0 Å². The summed E-state index contributed by atoms with van der Waals surface area (Å²) in [4.78, 5) is 14.0. The van der Waals surface area contributed by atoms with Crippen LogP contribution in [0.2, 0.25) is 19.6 Å². The van der Waals surface area contributed by atoms with Crippen LogP contribution in [0.25, 0.3) is 0 Å². The summed E-state index contributed by atoms with van der Waals surface area (Å²) < 4.78 is 0. The molecule has 2 nitrogen and oxygen atoms in total. The van der Waals surface area contributed by atoms with E-state index in [1.807, 2.05) is 43.3 Å². The van der Waals surface area contributed by atoms with Crippen molar-refractivity contribution in [1.29, 1.82) is 0 Å². The van der Waals surface area contributed by atoms with Gasteiger partial charge in [-0.25, -0.2) is 0 Å². The standard InChI is InChI=1S/C12H19NOSi/c1-13(2)11-8-6-10(7-9-11)12(14)15(3,4)5/h6-9H,1-5H3. The molecule has 0 radical (unpaired) electrons. The average molecular weight is 221 g/mol. The minimum atomic E-state index is -1.70. The Kier molecular flexibility index (Phi) is 3.34. The maximum atomic E-state index is 12.0. The fourth-order valence-corrected chi connectivity index (χ4v) is 2.38. The monoisotopic (exact) mass is 221 g/mol. The summed E-state index contributed by atoms with van der Waals surface area (Å²) in [5, 5.41) is 0.327. The van der Waals surface area contributed by atoms with Crippen LogP contribution in [0.3, 0.4) is 0 Å². The van der Waals surface area contributed by atoms with Crippen LogP contribution < -0.4 is 4.90 Å². The van der Waals surface area contributed by atoms with Gasteiger partial charge in [0.25, 0.3) is 0 Å². The number of carbonyl (C=O) groups excluding carboxylic acids is 1. The number of rotatable bonds is 3. The van der Waals surface area contributed by atoms with Gasteiger partial charge in [-0.2, -0.15) is 0 Å². The van der Waals surface area contributed by atoms with E-state index in [-0.39, 0.29) is 0 Å². The Morgan fingerprint density at radius 2 is 1.53 bits per heavy atom. The van der Waals surface area contributed by atoms with Crippen LogP contribution in [-0.4, -0.2) is 27.6 Å². The van der Waals surface area contributed by atoms with Gasteiger partial charge in [-0.1, -0.05) is 19.6 Å². The lowest BCUT2D eigenvalue weighted by molar-refractivity contribution is 0.106. The molecule has 0 bridgehead atoms. The maximum absolute atomic E-state index is 12.0. The molecule has 0 atom stereocenters. The van der Waals surface area contributed by atoms with Crippen molar-refractivity contribution in [2.24, 2.45) is 0 Å². The predicted octanol–water partition coefficient (Wildman–Crippen LogP) is 2.81. The zero-order valence-electron chi connectivity index (χ0n) is 10.2. The molecule has 0 spiro atoms. The first kappa shape index (κ1) is 12.0. The molecule has 0 aliphatic heterocycles. The smallest absolute Gasteiger partial charge is 0.139 e. The molecule has 0 amide bonds. The third-order valence-corrected chi connectivity index (χ3v) is 3.98. The third-order valence-electron chi connectivity index (χ3n) is 2.33. The third kappa shape index (κ3) is 2.93. The highest BCUT2D eigenvalue weighted by atomic mass is 28.3. The summed E-state index contributed by atoms with van der Waals surface area (Å²) in [6.45, 7) is 6.24. The van der Waals surface area contributed by atoms with E-state index in [1.165, 1.54) is 0 Å². The molecule has 82 valence electrons. The van der Waals surface area contributed by atoms with Crippen molar-refractivity contribution in [3.8, 4) is 0 Å². The molecule has 3 heteroatoms. The topological polar surface area (TPSA) is 20.3 Å². The van der Waals surface area contributed by atoms with Gasteiger partial charge < -0.3 is 9.69 Å². The van der Waals surface area contributed by atoms with Crippen LogP contribution in [0.5, 0.6) is 0 Å². The molecular formula is C12H19NOSi. The second kappa shape index (κ2) is 4.19. The van der Waals surface area contributed by atoms with E-state index in [9.17, 15) is 4.79 Å². The molecule has 0 aromatic heterocycles. The zero-order chi connectivity index (χ0) is 11.6. The zero-order valence-corrected chi connectivity index (χ0v) is 11.2. The quantitative estimate of drug-likeness (QED) is 0.732. The number of hydrogen-bond acceptors (Lipinski definition) is 2. The van der Waals surface area contributed by atoms with Gasteiger partial charge in [0.15, 0.2) is 0 Å². The number of benzene rings is 1. The van der Waals surface area contributed by atoms with Crippen LogP contribution >= 0.6 is 0 Å². The Morgan fingerprint density at radius 3 is 1.87 bits per heavy atom. The summed E-state index contributed by atoms with van der Waals surface area (Å²) in [7, 11) is 2.29. The van der Waals surface area contributed by atoms with E-state index in [4.69, 9.17) is 0 Å². The first-order valence-corrected chi connectivity index (χ1v) is 8.64. The second-order valence-electron chi connectivity index (χ2n) is 5.02.